The molecular formula is C52H38N2OS. The van der Waals surface area contributed by atoms with Gasteiger partial charge in [0.2, 0.25) is 0 Å². The second-order valence-electron chi connectivity index (χ2n) is 15.8. The SMILES string of the molecule is CC(C)(C)c1ccc(-n2c3ccccc3c3ccc(-c4ccc(N(c5ccc6c(c5)sc5ccccc56)c5cccc6c5oc5ccccc56)cc4)cc32)cc1. The van der Waals surface area contributed by atoms with E-state index < -0.39 is 0 Å². The van der Waals surface area contributed by atoms with Gasteiger partial charge in [-0.05, 0) is 88.8 Å². The van der Waals surface area contributed by atoms with Crippen molar-refractivity contribution in [1.82, 2.24) is 4.57 Å². The molecule has 0 aliphatic carbocycles. The molecule has 0 aliphatic heterocycles. The van der Waals surface area contributed by atoms with E-state index in [0.717, 1.165) is 44.6 Å². The topological polar surface area (TPSA) is 21.3 Å². The van der Waals surface area contributed by atoms with Gasteiger partial charge >= 0.3 is 0 Å². The van der Waals surface area contributed by atoms with E-state index in [0.29, 0.717) is 0 Å². The predicted molar refractivity (Wildman–Crippen MR) is 240 cm³/mol. The fourth-order valence-corrected chi connectivity index (χ4v) is 9.67. The molecule has 0 bridgehead atoms. The van der Waals surface area contributed by atoms with Crippen molar-refractivity contribution in [2.45, 2.75) is 26.2 Å². The molecule has 3 nitrogen and oxygen atoms in total. The number of furan rings is 1. The van der Waals surface area contributed by atoms with E-state index in [2.05, 4.69) is 200 Å². The molecule has 0 N–H and O–H groups in total. The molecule has 0 saturated heterocycles. The first-order valence-corrected chi connectivity index (χ1v) is 20.1. The highest BCUT2D eigenvalue weighted by molar-refractivity contribution is 7.25. The zero-order chi connectivity index (χ0) is 37.5. The third-order valence-corrected chi connectivity index (χ3v) is 12.5. The maximum absolute atomic E-state index is 6.63. The van der Waals surface area contributed by atoms with Crippen LogP contribution in [0.3, 0.4) is 0 Å². The molecule has 0 spiro atoms. The van der Waals surface area contributed by atoms with Gasteiger partial charge in [0.1, 0.15) is 5.58 Å². The summed E-state index contributed by atoms with van der Waals surface area (Å²) in [6.45, 7) is 6.80. The van der Waals surface area contributed by atoms with E-state index in [-0.39, 0.29) is 5.41 Å². The molecular weight excluding hydrogens is 701 g/mol. The summed E-state index contributed by atoms with van der Waals surface area (Å²) in [4.78, 5) is 2.35. The highest BCUT2D eigenvalue weighted by atomic mass is 32.1. The Labute approximate surface area is 329 Å². The van der Waals surface area contributed by atoms with Crippen molar-refractivity contribution in [3.8, 4) is 16.8 Å². The number of hydrogen-bond acceptors (Lipinski definition) is 3. The summed E-state index contributed by atoms with van der Waals surface area (Å²) >= 11 is 1.84. The molecule has 0 amide bonds. The number of rotatable bonds is 5. The number of benzene rings is 8. The van der Waals surface area contributed by atoms with Crippen LogP contribution in [-0.4, -0.2) is 4.57 Å². The molecule has 11 rings (SSSR count). The number of nitrogens with zero attached hydrogens (tertiary/aromatic N) is 2. The molecule has 8 aromatic carbocycles. The molecule has 268 valence electrons. The summed E-state index contributed by atoms with van der Waals surface area (Å²) in [5.41, 5.74) is 12.3. The average Bonchev–Trinajstić information content (AvgIpc) is 3.90. The first kappa shape index (κ1) is 32.8. The van der Waals surface area contributed by atoms with Crippen molar-refractivity contribution in [2.75, 3.05) is 4.90 Å². The molecule has 0 fully saturated rings. The smallest absolute Gasteiger partial charge is 0.159 e. The Balaban J connectivity index is 1.05. The lowest BCUT2D eigenvalue weighted by Crippen LogP contribution is -2.10. The Kier molecular flexibility index (Phi) is 7.29. The second kappa shape index (κ2) is 12.5. The maximum atomic E-state index is 6.63. The van der Waals surface area contributed by atoms with Crippen LogP contribution in [0.5, 0.6) is 0 Å². The Bertz CT molecular complexity index is 3280. The molecule has 4 heteroatoms. The zero-order valence-electron chi connectivity index (χ0n) is 31.5. The number of anilines is 3. The third kappa shape index (κ3) is 5.17. The van der Waals surface area contributed by atoms with E-state index >= 15 is 0 Å². The molecule has 0 radical (unpaired) electrons. The van der Waals surface area contributed by atoms with Gasteiger partial charge in [-0.25, -0.2) is 0 Å². The molecule has 0 atom stereocenters. The summed E-state index contributed by atoms with van der Waals surface area (Å²) in [7, 11) is 0. The van der Waals surface area contributed by atoms with Crippen LogP contribution in [0.1, 0.15) is 26.3 Å². The van der Waals surface area contributed by atoms with Crippen molar-refractivity contribution < 1.29 is 4.42 Å². The van der Waals surface area contributed by atoms with Gasteiger partial charge in [0.15, 0.2) is 5.58 Å². The van der Waals surface area contributed by atoms with Crippen LogP contribution < -0.4 is 4.90 Å². The van der Waals surface area contributed by atoms with Crippen LogP contribution in [0.2, 0.25) is 0 Å². The lowest BCUT2D eigenvalue weighted by atomic mass is 9.87. The van der Waals surface area contributed by atoms with Crippen molar-refractivity contribution in [3.05, 3.63) is 181 Å². The average molecular weight is 739 g/mol. The maximum Gasteiger partial charge on any atom is 0.159 e. The molecule has 3 aromatic heterocycles. The fourth-order valence-electron chi connectivity index (χ4n) is 8.53. The minimum atomic E-state index is 0.0954. The quantitative estimate of drug-likeness (QED) is 0.175. The van der Waals surface area contributed by atoms with Gasteiger partial charge in [-0.3, -0.25) is 0 Å². The number of hydrogen-bond donors (Lipinski definition) is 0. The molecule has 0 unspecified atom stereocenters. The van der Waals surface area contributed by atoms with E-state index in [1.807, 2.05) is 17.4 Å². The van der Waals surface area contributed by atoms with Crippen LogP contribution in [-0.2, 0) is 5.41 Å². The van der Waals surface area contributed by atoms with Gasteiger partial charge in [0.25, 0.3) is 0 Å². The standard InChI is InChI=1S/C52H38N2OS/c1-52(2,3)35-22-26-37(27-23-35)54-45-15-7-4-11-39(45)40-29-21-34(31-47(40)54)33-19-24-36(25-20-33)53(38-28-30-43-42-13-6-9-18-49(42)56-50(43)32-38)46-16-10-14-44-41-12-5-8-17-48(41)55-51(44)46/h4-32H,1-3H3. The minimum absolute atomic E-state index is 0.0954. The summed E-state index contributed by atoms with van der Waals surface area (Å²) in [5.74, 6) is 0. The molecule has 56 heavy (non-hydrogen) atoms. The monoisotopic (exact) mass is 738 g/mol. The minimum Gasteiger partial charge on any atom is -0.454 e. The third-order valence-electron chi connectivity index (χ3n) is 11.4. The highest BCUT2D eigenvalue weighted by Gasteiger charge is 2.21. The first-order valence-electron chi connectivity index (χ1n) is 19.3. The summed E-state index contributed by atoms with van der Waals surface area (Å²) in [5, 5.41) is 7.33. The number of para-hydroxylation sites is 3. The largest absolute Gasteiger partial charge is 0.454 e. The lowest BCUT2D eigenvalue weighted by Gasteiger charge is -2.26. The number of fused-ring (bicyclic) bond motifs is 9. The van der Waals surface area contributed by atoms with Gasteiger partial charge in [-0.1, -0.05) is 130 Å². The van der Waals surface area contributed by atoms with Crippen LogP contribution in [0.15, 0.2) is 180 Å². The normalized spacial score (nSPS) is 12.2. The number of aromatic nitrogens is 1. The van der Waals surface area contributed by atoms with Crippen LogP contribution in [0.25, 0.3) is 80.7 Å². The van der Waals surface area contributed by atoms with E-state index in [1.54, 1.807) is 0 Å². The van der Waals surface area contributed by atoms with Crippen LogP contribution in [0.4, 0.5) is 17.1 Å². The predicted octanol–water partition coefficient (Wildman–Crippen LogP) is 15.5. The fraction of sp³-hybridized carbons (Fsp3) is 0.0769. The van der Waals surface area contributed by atoms with Gasteiger partial charge < -0.3 is 13.9 Å². The van der Waals surface area contributed by atoms with Crippen molar-refractivity contribution in [2.24, 2.45) is 0 Å². The Morgan fingerprint density at radius 3 is 1.95 bits per heavy atom. The Morgan fingerprint density at radius 1 is 0.482 bits per heavy atom. The zero-order valence-corrected chi connectivity index (χ0v) is 32.3. The van der Waals surface area contributed by atoms with E-state index in [1.165, 1.54) is 58.8 Å². The Hall–Kier alpha value is -6.62. The molecule has 3 heterocycles. The molecule has 0 saturated carbocycles. The van der Waals surface area contributed by atoms with E-state index in [9.17, 15) is 0 Å². The van der Waals surface area contributed by atoms with Gasteiger partial charge in [0, 0.05) is 58.8 Å². The summed E-state index contributed by atoms with van der Waals surface area (Å²) in [6.07, 6.45) is 0. The van der Waals surface area contributed by atoms with Crippen molar-refractivity contribution >= 4 is 92.3 Å². The van der Waals surface area contributed by atoms with Crippen LogP contribution in [0, 0.1) is 0 Å². The second-order valence-corrected chi connectivity index (χ2v) is 16.9. The molecule has 0 aliphatic rings. The van der Waals surface area contributed by atoms with Crippen molar-refractivity contribution in [3.63, 3.8) is 0 Å². The van der Waals surface area contributed by atoms with Gasteiger partial charge in [-0.15, -0.1) is 11.3 Å². The van der Waals surface area contributed by atoms with Crippen molar-refractivity contribution in [1.29, 1.82) is 0 Å². The Morgan fingerprint density at radius 2 is 1.12 bits per heavy atom. The summed E-state index contributed by atoms with van der Waals surface area (Å²) < 4.78 is 11.6. The van der Waals surface area contributed by atoms with E-state index in [4.69, 9.17) is 4.42 Å². The van der Waals surface area contributed by atoms with Crippen LogP contribution >= 0.6 is 11.3 Å². The van der Waals surface area contributed by atoms with Gasteiger partial charge in [0.05, 0.1) is 16.7 Å². The highest BCUT2D eigenvalue weighted by Crippen LogP contribution is 2.45. The number of thiophene rings is 1. The first-order chi connectivity index (χ1) is 27.4. The molecule has 11 aromatic rings. The lowest BCUT2D eigenvalue weighted by molar-refractivity contribution is 0.590. The summed E-state index contributed by atoms with van der Waals surface area (Å²) in [6, 6.07) is 64.0. The van der Waals surface area contributed by atoms with Gasteiger partial charge in [-0.2, -0.15) is 0 Å².